The number of aromatic nitrogens is 2. The molecule has 0 fully saturated rings. The van der Waals surface area contributed by atoms with Crippen molar-refractivity contribution in [2.75, 3.05) is 0 Å². The number of aryl methyl sites for hydroxylation is 1. The van der Waals surface area contributed by atoms with Gasteiger partial charge in [0, 0.05) is 18.3 Å². The van der Waals surface area contributed by atoms with E-state index in [-0.39, 0.29) is 11.4 Å². The van der Waals surface area contributed by atoms with Gasteiger partial charge in [0.25, 0.3) is 12.1 Å². The molecule has 0 aliphatic rings. The van der Waals surface area contributed by atoms with E-state index in [4.69, 9.17) is 0 Å². The average molecular weight is 253 g/mol. The largest absolute Gasteiger partial charge is 0.270 e. The Balaban J connectivity index is 2.57. The van der Waals surface area contributed by atoms with Gasteiger partial charge >= 0.3 is 0 Å². The average Bonchev–Trinajstić information content (AvgIpc) is 2.74. The zero-order valence-corrected chi connectivity index (χ0v) is 9.38. The van der Waals surface area contributed by atoms with Crippen LogP contribution in [-0.4, -0.2) is 14.7 Å². The van der Waals surface area contributed by atoms with Gasteiger partial charge in [0.15, 0.2) is 0 Å². The van der Waals surface area contributed by atoms with Crippen molar-refractivity contribution >= 4 is 5.69 Å². The van der Waals surface area contributed by atoms with Gasteiger partial charge in [-0.25, -0.2) is 13.5 Å². The zero-order valence-electron chi connectivity index (χ0n) is 9.38. The molecule has 0 amide bonds. The maximum Gasteiger partial charge on any atom is 0.270 e. The quantitative estimate of drug-likeness (QED) is 0.624. The lowest BCUT2D eigenvalue weighted by Crippen LogP contribution is -2.02. The van der Waals surface area contributed by atoms with Crippen molar-refractivity contribution in [3.05, 3.63) is 51.8 Å². The van der Waals surface area contributed by atoms with Crippen molar-refractivity contribution in [3.8, 4) is 5.69 Å². The van der Waals surface area contributed by atoms with E-state index in [2.05, 4.69) is 5.10 Å². The summed E-state index contributed by atoms with van der Waals surface area (Å²) in [5, 5.41) is 14.6. The number of benzene rings is 1. The number of nitro groups is 1. The molecule has 0 saturated carbocycles. The number of nitro benzene ring substituents is 1. The summed E-state index contributed by atoms with van der Waals surface area (Å²) in [6.07, 6.45) is -1.27. The summed E-state index contributed by atoms with van der Waals surface area (Å²) in [5.74, 6) is 0. The fraction of sp³-hybridized carbons (Fsp3) is 0.182. The highest BCUT2D eigenvalue weighted by Crippen LogP contribution is 2.29. The Morgan fingerprint density at radius 3 is 2.61 bits per heavy atom. The maximum atomic E-state index is 12.9. The Morgan fingerprint density at radius 1 is 1.39 bits per heavy atom. The molecule has 0 radical (unpaired) electrons. The van der Waals surface area contributed by atoms with Crippen LogP contribution in [0.15, 0.2) is 30.5 Å². The van der Waals surface area contributed by atoms with Gasteiger partial charge in [-0.3, -0.25) is 10.1 Å². The molecule has 0 aliphatic heterocycles. The molecular weight excluding hydrogens is 244 g/mol. The topological polar surface area (TPSA) is 61.0 Å². The van der Waals surface area contributed by atoms with Crippen LogP contribution in [0, 0.1) is 17.0 Å². The van der Waals surface area contributed by atoms with Gasteiger partial charge < -0.3 is 0 Å². The summed E-state index contributed by atoms with van der Waals surface area (Å²) < 4.78 is 27.1. The van der Waals surface area contributed by atoms with Crippen LogP contribution >= 0.6 is 0 Å². The first-order valence-corrected chi connectivity index (χ1v) is 5.08. The Bertz CT molecular complexity index is 596. The van der Waals surface area contributed by atoms with Gasteiger partial charge in [0.2, 0.25) is 0 Å². The highest BCUT2D eigenvalue weighted by atomic mass is 19.3. The van der Waals surface area contributed by atoms with E-state index in [1.165, 1.54) is 23.0 Å². The van der Waals surface area contributed by atoms with Crippen LogP contribution in [0.3, 0.4) is 0 Å². The predicted octanol–water partition coefficient (Wildman–Crippen LogP) is 3.03. The smallest absolute Gasteiger partial charge is 0.258 e. The van der Waals surface area contributed by atoms with E-state index >= 15 is 0 Å². The van der Waals surface area contributed by atoms with Crippen LogP contribution in [0.5, 0.6) is 0 Å². The highest BCUT2D eigenvalue weighted by molar-refractivity contribution is 5.48. The molecule has 0 unspecified atom stereocenters. The molecule has 0 saturated heterocycles. The van der Waals surface area contributed by atoms with Crippen LogP contribution in [0.1, 0.15) is 17.7 Å². The number of halogens is 2. The molecule has 0 atom stereocenters. The van der Waals surface area contributed by atoms with E-state index in [9.17, 15) is 18.9 Å². The zero-order chi connectivity index (χ0) is 13.3. The third kappa shape index (κ3) is 2.20. The number of hydrogen-bond acceptors (Lipinski definition) is 3. The van der Waals surface area contributed by atoms with E-state index < -0.39 is 16.9 Å². The Hall–Kier alpha value is -2.31. The van der Waals surface area contributed by atoms with Gasteiger partial charge in [-0.2, -0.15) is 5.10 Å². The van der Waals surface area contributed by atoms with Crippen molar-refractivity contribution < 1.29 is 13.7 Å². The first kappa shape index (κ1) is 12.2. The van der Waals surface area contributed by atoms with E-state index in [0.717, 1.165) is 6.07 Å². The number of nitrogens with zero attached hydrogens (tertiary/aromatic N) is 3. The minimum absolute atomic E-state index is 0.142. The van der Waals surface area contributed by atoms with Gasteiger partial charge in [0.05, 0.1) is 21.9 Å². The molecule has 1 heterocycles. The molecule has 0 spiro atoms. The molecular formula is C11H9F2N3O2. The number of alkyl halides is 2. The van der Waals surface area contributed by atoms with Crippen LogP contribution in [0.25, 0.3) is 5.69 Å². The molecule has 0 N–H and O–H groups in total. The lowest BCUT2D eigenvalue weighted by Gasteiger charge is -2.08. The SMILES string of the molecule is Cc1ccn(-c2ccc([N+](=O)[O-])cc2C(F)F)n1. The minimum atomic E-state index is -2.80. The number of rotatable bonds is 3. The van der Waals surface area contributed by atoms with E-state index in [0.29, 0.717) is 5.69 Å². The standard InChI is InChI=1S/C11H9F2N3O2/c1-7-4-5-15(14-7)10-3-2-8(16(17)18)6-9(10)11(12)13/h2-6,11H,1H3. The highest BCUT2D eigenvalue weighted by Gasteiger charge is 2.19. The van der Waals surface area contributed by atoms with Gasteiger partial charge in [-0.05, 0) is 19.1 Å². The molecule has 2 aromatic rings. The first-order chi connectivity index (χ1) is 8.49. The fourth-order valence-electron chi connectivity index (χ4n) is 1.59. The molecule has 7 heteroatoms. The van der Waals surface area contributed by atoms with Crippen molar-refractivity contribution in [1.82, 2.24) is 9.78 Å². The summed E-state index contributed by atoms with van der Waals surface area (Å²) in [4.78, 5) is 9.86. The second kappa shape index (κ2) is 4.52. The van der Waals surface area contributed by atoms with Crippen LogP contribution < -0.4 is 0 Å². The van der Waals surface area contributed by atoms with Gasteiger partial charge in [-0.15, -0.1) is 0 Å². The Labute approximate surface area is 101 Å². The minimum Gasteiger partial charge on any atom is -0.258 e. The van der Waals surface area contributed by atoms with E-state index in [1.807, 2.05) is 0 Å². The first-order valence-electron chi connectivity index (χ1n) is 5.08. The molecule has 18 heavy (non-hydrogen) atoms. The van der Waals surface area contributed by atoms with Crippen LogP contribution in [0.4, 0.5) is 14.5 Å². The maximum absolute atomic E-state index is 12.9. The third-order valence-corrected chi connectivity index (χ3v) is 2.43. The summed E-state index contributed by atoms with van der Waals surface area (Å²) in [7, 11) is 0. The lowest BCUT2D eigenvalue weighted by molar-refractivity contribution is -0.385. The molecule has 1 aromatic heterocycles. The summed E-state index contributed by atoms with van der Waals surface area (Å²) in [6, 6.07) is 4.98. The third-order valence-electron chi connectivity index (χ3n) is 2.43. The van der Waals surface area contributed by atoms with Gasteiger partial charge in [-0.1, -0.05) is 0 Å². The molecule has 5 nitrogen and oxygen atoms in total. The summed E-state index contributed by atoms with van der Waals surface area (Å²) >= 11 is 0. The van der Waals surface area contributed by atoms with Crippen LogP contribution in [0.2, 0.25) is 0 Å². The number of non-ortho nitro benzene ring substituents is 1. The van der Waals surface area contributed by atoms with Crippen LogP contribution in [-0.2, 0) is 0 Å². The summed E-state index contributed by atoms with van der Waals surface area (Å²) in [5.41, 5.74) is 0.0440. The second-order valence-electron chi connectivity index (χ2n) is 3.70. The fourth-order valence-corrected chi connectivity index (χ4v) is 1.59. The normalized spacial score (nSPS) is 10.9. The second-order valence-corrected chi connectivity index (χ2v) is 3.70. The van der Waals surface area contributed by atoms with Crippen molar-refractivity contribution in [2.24, 2.45) is 0 Å². The Morgan fingerprint density at radius 2 is 2.11 bits per heavy atom. The molecule has 0 bridgehead atoms. The summed E-state index contributed by atoms with van der Waals surface area (Å²) in [6.45, 7) is 1.73. The molecule has 94 valence electrons. The van der Waals surface area contributed by atoms with Crippen molar-refractivity contribution in [2.45, 2.75) is 13.3 Å². The molecule has 1 aromatic carbocycles. The van der Waals surface area contributed by atoms with E-state index in [1.54, 1.807) is 13.0 Å². The predicted molar refractivity (Wildman–Crippen MR) is 59.9 cm³/mol. The number of hydrogen-bond donors (Lipinski definition) is 0. The monoisotopic (exact) mass is 253 g/mol. The Kier molecular flexibility index (Phi) is 3.05. The molecule has 0 aliphatic carbocycles. The molecule has 2 rings (SSSR count). The lowest BCUT2D eigenvalue weighted by atomic mass is 10.1. The van der Waals surface area contributed by atoms with Gasteiger partial charge in [0.1, 0.15) is 0 Å². The van der Waals surface area contributed by atoms with Crippen molar-refractivity contribution in [1.29, 1.82) is 0 Å². The van der Waals surface area contributed by atoms with Crippen molar-refractivity contribution in [3.63, 3.8) is 0 Å².